The summed E-state index contributed by atoms with van der Waals surface area (Å²) in [6, 6.07) is 26.9. The zero-order valence-electron chi connectivity index (χ0n) is 24.9. The Morgan fingerprint density at radius 1 is 0.818 bits per heavy atom. The molecule has 0 bridgehead atoms. The average molecular weight is 586 g/mol. The fraction of sp³-hybridized carbons (Fsp3) is 0.306. The molecule has 224 valence electrons. The summed E-state index contributed by atoms with van der Waals surface area (Å²) in [7, 11) is 0. The fourth-order valence-corrected chi connectivity index (χ4v) is 6.61. The molecule has 1 amide bonds. The summed E-state index contributed by atoms with van der Waals surface area (Å²) in [5.74, 6) is 1.86. The summed E-state index contributed by atoms with van der Waals surface area (Å²) in [6.07, 6.45) is 9.20. The number of H-pyrrole nitrogens is 2. The number of fused-ring (bicyclic) bond motifs is 2. The molecule has 1 unspecified atom stereocenters. The number of amides is 1. The SMILES string of the molecule is O=C(NC(Cc1c[nH]c2ccccc12)c1nnc(CCCc2c[nH]c3ccccc23)n1Cc1ccccc1)C1CCNCC1. The van der Waals surface area contributed by atoms with E-state index in [-0.39, 0.29) is 17.9 Å². The first-order valence-electron chi connectivity index (χ1n) is 15.8. The van der Waals surface area contributed by atoms with Crippen LogP contribution < -0.4 is 10.6 Å². The number of aromatic amines is 2. The number of carbonyl (C=O) groups is 1. The monoisotopic (exact) mass is 585 g/mol. The molecule has 44 heavy (non-hydrogen) atoms. The second-order valence-corrected chi connectivity index (χ2v) is 11.9. The highest BCUT2D eigenvalue weighted by Crippen LogP contribution is 2.27. The molecule has 3 aromatic carbocycles. The van der Waals surface area contributed by atoms with E-state index >= 15 is 0 Å². The molecule has 6 aromatic rings. The van der Waals surface area contributed by atoms with E-state index < -0.39 is 0 Å². The Hall–Kier alpha value is -4.69. The number of para-hydroxylation sites is 2. The number of aromatic nitrogens is 5. The Morgan fingerprint density at radius 2 is 1.48 bits per heavy atom. The molecule has 0 aliphatic carbocycles. The maximum atomic E-state index is 13.7. The van der Waals surface area contributed by atoms with Crippen molar-refractivity contribution in [2.24, 2.45) is 5.92 Å². The number of nitrogens with zero attached hydrogens (tertiary/aromatic N) is 3. The number of rotatable bonds is 11. The van der Waals surface area contributed by atoms with E-state index in [0.717, 1.165) is 67.9 Å². The second kappa shape index (κ2) is 12.9. The number of nitrogens with one attached hydrogen (secondary N) is 4. The summed E-state index contributed by atoms with van der Waals surface area (Å²) < 4.78 is 2.24. The van der Waals surface area contributed by atoms with Crippen LogP contribution in [-0.2, 0) is 30.6 Å². The van der Waals surface area contributed by atoms with Crippen LogP contribution in [0.15, 0.2) is 91.3 Å². The van der Waals surface area contributed by atoms with Crippen LogP contribution in [0, 0.1) is 5.92 Å². The molecule has 8 nitrogen and oxygen atoms in total. The van der Waals surface area contributed by atoms with E-state index in [2.05, 4.69) is 104 Å². The number of hydrogen-bond acceptors (Lipinski definition) is 4. The van der Waals surface area contributed by atoms with Crippen LogP contribution in [0.4, 0.5) is 0 Å². The number of carbonyl (C=O) groups excluding carboxylic acids is 1. The first-order chi connectivity index (χ1) is 21.7. The highest BCUT2D eigenvalue weighted by Gasteiger charge is 2.28. The van der Waals surface area contributed by atoms with Crippen LogP contribution in [0.2, 0.25) is 0 Å². The minimum absolute atomic E-state index is 0.00265. The topological polar surface area (TPSA) is 103 Å². The first kappa shape index (κ1) is 28.1. The van der Waals surface area contributed by atoms with Gasteiger partial charge in [-0.15, -0.1) is 10.2 Å². The standard InChI is InChI=1S/C36H39N7O/c44-36(26-17-19-37-20-18-26)40-33(21-28-23-39-32-15-7-5-13-30(28)32)35-42-41-34(43(35)24-25-9-2-1-3-10-25)16-8-11-27-22-38-31-14-6-4-12-29(27)31/h1-7,9-10,12-15,22-23,26,33,37-39H,8,11,16-21,24H2,(H,40,44). The van der Waals surface area contributed by atoms with Gasteiger partial charge in [0.05, 0.1) is 12.6 Å². The van der Waals surface area contributed by atoms with Crippen molar-refractivity contribution in [2.45, 2.75) is 51.1 Å². The first-order valence-corrected chi connectivity index (χ1v) is 15.8. The Morgan fingerprint density at radius 3 is 2.23 bits per heavy atom. The molecular weight excluding hydrogens is 546 g/mol. The van der Waals surface area contributed by atoms with Gasteiger partial charge in [0.25, 0.3) is 0 Å². The van der Waals surface area contributed by atoms with Crippen molar-refractivity contribution >= 4 is 27.7 Å². The number of benzene rings is 3. The van der Waals surface area contributed by atoms with E-state index in [0.29, 0.717) is 13.0 Å². The highest BCUT2D eigenvalue weighted by molar-refractivity contribution is 5.84. The summed E-state index contributed by atoms with van der Waals surface area (Å²) in [5, 5.41) is 18.8. The lowest BCUT2D eigenvalue weighted by Gasteiger charge is -2.26. The summed E-state index contributed by atoms with van der Waals surface area (Å²) >= 11 is 0. The Labute approximate surface area is 257 Å². The minimum atomic E-state index is -0.310. The predicted octanol–water partition coefficient (Wildman–Crippen LogP) is 5.86. The average Bonchev–Trinajstić information content (AvgIpc) is 3.79. The zero-order chi connectivity index (χ0) is 29.7. The predicted molar refractivity (Wildman–Crippen MR) is 174 cm³/mol. The largest absolute Gasteiger partial charge is 0.361 e. The van der Waals surface area contributed by atoms with Gasteiger partial charge in [0, 0.05) is 53.0 Å². The van der Waals surface area contributed by atoms with Crippen LogP contribution in [0.3, 0.4) is 0 Å². The van der Waals surface area contributed by atoms with Gasteiger partial charge >= 0.3 is 0 Å². The highest BCUT2D eigenvalue weighted by atomic mass is 16.2. The zero-order valence-corrected chi connectivity index (χ0v) is 24.9. The molecule has 0 radical (unpaired) electrons. The molecule has 1 fully saturated rings. The molecule has 4 heterocycles. The van der Waals surface area contributed by atoms with Crippen molar-refractivity contribution in [3.05, 3.63) is 120 Å². The van der Waals surface area contributed by atoms with Crippen LogP contribution in [0.1, 0.15) is 53.6 Å². The van der Waals surface area contributed by atoms with E-state index in [1.54, 1.807) is 0 Å². The van der Waals surface area contributed by atoms with Gasteiger partial charge < -0.3 is 25.2 Å². The van der Waals surface area contributed by atoms with Crippen molar-refractivity contribution in [3.63, 3.8) is 0 Å². The molecule has 1 saturated heterocycles. The fourth-order valence-electron chi connectivity index (χ4n) is 6.61. The molecule has 7 rings (SSSR count). The number of piperidine rings is 1. The minimum Gasteiger partial charge on any atom is -0.361 e. The van der Waals surface area contributed by atoms with Crippen molar-refractivity contribution < 1.29 is 4.79 Å². The smallest absolute Gasteiger partial charge is 0.223 e. The molecule has 1 atom stereocenters. The summed E-state index contributed by atoms with van der Waals surface area (Å²) in [4.78, 5) is 20.5. The lowest BCUT2D eigenvalue weighted by Crippen LogP contribution is -2.41. The third kappa shape index (κ3) is 6.03. The molecule has 3 aromatic heterocycles. The van der Waals surface area contributed by atoms with Gasteiger partial charge in [-0.25, -0.2) is 0 Å². The number of hydrogen-bond donors (Lipinski definition) is 4. The van der Waals surface area contributed by atoms with Crippen LogP contribution in [0.5, 0.6) is 0 Å². The maximum Gasteiger partial charge on any atom is 0.223 e. The van der Waals surface area contributed by atoms with Gasteiger partial charge in [0.1, 0.15) is 5.82 Å². The molecule has 0 saturated carbocycles. The molecule has 4 N–H and O–H groups in total. The van der Waals surface area contributed by atoms with Crippen LogP contribution in [0.25, 0.3) is 21.8 Å². The lowest BCUT2D eigenvalue weighted by molar-refractivity contribution is -0.126. The van der Waals surface area contributed by atoms with Gasteiger partial charge in [-0.3, -0.25) is 4.79 Å². The normalized spacial score (nSPS) is 14.7. The molecule has 8 heteroatoms. The molecular formula is C36H39N7O. The van der Waals surface area contributed by atoms with Gasteiger partial charge in [0.2, 0.25) is 5.91 Å². The van der Waals surface area contributed by atoms with Gasteiger partial charge in [-0.1, -0.05) is 66.7 Å². The van der Waals surface area contributed by atoms with Crippen molar-refractivity contribution in [3.8, 4) is 0 Å². The molecule has 1 aliphatic rings. The van der Waals surface area contributed by atoms with E-state index in [1.165, 1.54) is 27.4 Å². The van der Waals surface area contributed by atoms with Gasteiger partial charge in [0.15, 0.2) is 5.82 Å². The van der Waals surface area contributed by atoms with Crippen molar-refractivity contribution in [1.82, 2.24) is 35.4 Å². The maximum absolute atomic E-state index is 13.7. The quantitative estimate of drug-likeness (QED) is 0.153. The Balaban J connectivity index is 1.20. The van der Waals surface area contributed by atoms with E-state index in [9.17, 15) is 4.79 Å². The van der Waals surface area contributed by atoms with Gasteiger partial charge in [-0.2, -0.15) is 0 Å². The van der Waals surface area contributed by atoms with E-state index in [4.69, 9.17) is 10.2 Å². The van der Waals surface area contributed by atoms with Crippen LogP contribution in [-0.4, -0.2) is 43.7 Å². The van der Waals surface area contributed by atoms with Crippen LogP contribution >= 0.6 is 0 Å². The van der Waals surface area contributed by atoms with Crippen molar-refractivity contribution in [1.29, 1.82) is 0 Å². The van der Waals surface area contributed by atoms with Crippen molar-refractivity contribution in [2.75, 3.05) is 13.1 Å². The molecule has 1 aliphatic heterocycles. The summed E-state index contributed by atoms with van der Waals surface area (Å²) in [6.45, 7) is 2.39. The third-order valence-electron chi connectivity index (χ3n) is 9.00. The third-order valence-corrected chi connectivity index (χ3v) is 9.00. The molecule has 0 spiro atoms. The second-order valence-electron chi connectivity index (χ2n) is 11.9. The number of aryl methyl sites for hydroxylation is 2. The lowest BCUT2D eigenvalue weighted by atomic mass is 9.96. The van der Waals surface area contributed by atoms with Gasteiger partial charge in [-0.05, 0) is 67.6 Å². The van der Waals surface area contributed by atoms with E-state index in [1.807, 2.05) is 12.1 Å². The Kier molecular flexibility index (Phi) is 8.24. The summed E-state index contributed by atoms with van der Waals surface area (Å²) in [5.41, 5.74) is 5.92. The Bertz CT molecular complexity index is 1840.